The van der Waals surface area contributed by atoms with Crippen LogP contribution in [-0.2, 0) is 16.2 Å². The molecule has 3 rings (SSSR count). The third-order valence-corrected chi connectivity index (χ3v) is 5.34. The second kappa shape index (κ2) is 11.5. The molecule has 0 radical (unpaired) electrons. The lowest BCUT2D eigenvalue weighted by molar-refractivity contribution is -0.136. The predicted octanol–water partition coefficient (Wildman–Crippen LogP) is 5.09. The van der Waals surface area contributed by atoms with Gasteiger partial charge in [0.15, 0.2) is 11.5 Å². The number of halogens is 2. The van der Waals surface area contributed by atoms with Crippen LogP contribution in [0.5, 0.6) is 11.5 Å². The van der Waals surface area contributed by atoms with Crippen molar-refractivity contribution in [2.45, 2.75) is 13.5 Å². The Morgan fingerprint density at radius 1 is 1.09 bits per heavy atom. The number of methoxy groups -OCH3 is 1. The predicted molar refractivity (Wildman–Crippen MR) is 132 cm³/mol. The molecule has 0 aromatic heterocycles. The molecular weight excluding hydrogens is 510 g/mol. The summed E-state index contributed by atoms with van der Waals surface area (Å²) in [4.78, 5) is 24.0. The summed E-state index contributed by atoms with van der Waals surface area (Å²) in [6.45, 7) is 2.40. The first-order chi connectivity index (χ1) is 15.9. The van der Waals surface area contributed by atoms with E-state index in [2.05, 4.69) is 31.8 Å². The second-order valence-electron chi connectivity index (χ2n) is 6.94. The minimum Gasteiger partial charge on any atom is -0.493 e. The number of nitrogens with one attached hydrogen (secondary N) is 2. The van der Waals surface area contributed by atoms with Crippen LogP contribution in [0.4, 0.5) is 5.69 Å². The lowest BCUT2D eigenvalue weighted by Gasteiger charge is -2.14. The number of anilines is 1. The number of hydrogen-bond acceptors (Lipinski definition) is 5. The molecule has 9 heteroatoms. The van der Waals surface area contributed by atoms with Crippen molar-refractivity contribution in [3.8, 4) is 11.5 Å². The van der Waals surface area contributed by atoms with Crippen molar-refractivity contribution in [2.75, 3.05) is 12.4 Å². The number of benzene rings is 3. The van der Waals surface area contributed by atoms with Gasteiger partial charge in [-0.15, -0.1) is 0 Å². The highest BCUT2D eigenvalue weighted by molar-refractivity contribution is 9.10. The molecule has 0 aliphatic carbocycles. The van der Waals surface area contributed by atoms with Gasteiger partial charge < -0.3 is 14.8 Å². The zero-order valence-electron chi connectivity index (χ0n) is 17.9. The topological polar surface area (TPSA) is 89.0 Å². The molecule has 0 bridgehead atoms. The molecule has 33 heavy (non-hydrogen) atoms. The summed E-state index contributed by atoms with van der Waals surface area (Å²) < 4.78 is 12.0. The molecule has 0 spiro atoms. The molecule has 0 aliphatic rings. The first-order valence-electron chi connectivity index (χ1n) is 9.82. The van der Waals surface area contributed by atoms with Gasteiger partial charge >= 0.3 is 11.8 Å². The maximum absolute atomic E-state index is 12.0. The van der Waals surface area contributed by atoms with Crippen LogP contribution in [0.1, 0.15) is 16.7 Å². The monoisotopic (exact) mass is 529 g/mol. The largest absolute Gasteiger partial charge is 0.493 e. The van der Waals surface area contributed by atoms with E-state index in [4.69, 9.17) is 21.1 Å². The van der Waals surface area contributed by atoms with Crippen LogP contribution in [-0.4, -0.2) is 25.1 Å². The molecule has 2 amide bonds. The van der Waals surface area contributed by atoms with Gasteiger partial charge in [-0.1, -0.05) is 53.6 Å². The van der Waals surface area contributed by atoms with Crippen molar-refractivity contribution in [3.05, 3.63) is 86.8 Å². The Hall–Kier alpha value is -3.36. The Morgan fingerprint density at radius 3 is 2.61 bits per heavy atom. The minimum atomic E-state index is -0.935. The quantitative estimate of drug-likeness (QED) is 0.253. The summed E-state index contributed by atoms with van der Waals surface area (Å²) >= 11 is 9.46. The third-order valence-electron chi connectivity index (χ3n) is 4.43. The van der Waals surface area contributed by atoms with Gasteiger partial charge in [0.25, 0.3) is 0 Å². The standard InChI is InChI=1S/C24H21BrClN3O4/c1-15-6-5-7-16(10-15)14-33-22-18(25)11-17(12-21(22)32-2)13-27-29-24(31)23(30)28-20-9-4-3-8-19(20)26/h3-13H,14H2,1-2H3,(H,28,30)(H,29,31)/b27-13+. The maximum Gasteiger partial charge on any atom is 0.329 e. The van der Waals surface area contributed by atoms with Gasteiger partial charge in [0.05, 0.1) is 28.5 Å². The molecule has 0 saturated carbocycles. The fourth-order valence-electron chi connectivity index (χ4n) is 2.87. The van der Waals surface area contributed by atoms with Gasteiger partial charge in [0, 0.05) is 0 Å². The zero-order chi connectivity index (χ0) is 23.8. The number of aryl methyl sites for hydroxylation is 1. The Morgan fingerprint density at radius 2 is 1.88 bits per heavy atom. The van der Waals surface area contributed by atoms with Gasteiger partial charge in [-0.25, -0.2) is 5.43 Å². The van der Waals surface area contributed by atoms with Crippen LogP contribution in [0.25, 0.3) is 0 Å². The van der Waals surface area contributed by atoms with Gasteiger partial charge in [-0.2, -0.15) is 5.10 Å². The zero-order valence-corrected chi connectivity index (χ0v) is 20.2. The minimum absolute atomic E-state index is 0.323. The van der Waals surface area contributed by atoms with Gasteiger partial charge in [0.1, 0.15) is 6.61 Å². The molecule has 0 aliphatic heterocycles. The van der Waals surface area contributed by atoms with E-state index in [0.29, 0.717) is 38.9 Å². The van der Waals surface area contributed by atoms with Crippen molar-refractivity contribution in [1.29, 1.82) is 0 Å². The molecule has 170 valence electrons. The molecule has 0 saturated heterocycles. The number of nitrogens with zero attached hydrogens (tertiary/aromatic N) is 1. The van der Waals surface area contributed by atoms with E-state index < -0.39 is 11.8 Å². The van der Waals surface area contributed by atoms with Crippen LogP contribution >= 0.6 is 27.5 Å². The smallest absolute Gasteiger partial charge is 0.329 e. The van der Waals surface area contributed by atoms with Crippen molar-refractivity contribution in [1.82, 2.24) is 5.43 Å². The number of hydrazone groups is 1. The lowest BCUT2D eigenvalue weighted by atomic mass is 10.1. The number of amides is 2. The van der Waals surface area contributed by atoms with Crippen LogP contribution in [0.15, 0.2) is 70.2 Å². The fourth-order valence-corrected chi connectivity index (χ4v) is 3.63. The van der Waals surface area contributed by atoms with E-state index in [9.17, 15) is 9.59 Å². The summed E-state index contributed by atoms with van der Waals surface area (Å²) in [6.07, 6.45) is 1.39. The Bertz CT molecular complexity index is 1200. The highest BCUT2D eigenvalue weighted by atomic mass is 79.9. The maximum atomic E-state index is 12.0. The van der Waals surface area contributed by atoms with Crippen LogP contribution in [0.3, 0.4) is 0 Å². The van der Waals surface area contributed by atoms with E-state index in [1.807, 2.05) is 31.2 Å². The number of rotatable bonds is 7. The number of hydrogen-bond donors (Lipinski definition) is 2. The highest BCUT2D eigenvalue weighted by Gasteiger charge is 2.15. The molecule has 3 aromatic rings. The Labute approximate surface area is 204 Å². The van der Waals surface area contributed by atoms with E-state index in [0.717, 1.165) is 11.1 Å². The van der Waals surface area contributed by atoms with Crippen molar-refractivity contribution >= 4 is 51.2 Å². The second-order valence-corrected chi connectivity index (χ2v) is 8.21. The molecule has 0 heterocycles. The summed E-state index contributed by atoms with van der Waals surface area (Å²) in [7, 11) is 1.53. The SMILES string of the molecule is COc1cc(/C=N/NC(=O)C(=O)Nc2ccccc2Cl)cc(Br)c1OCc1cccc(C)c1. The lowest BCUT2D eigenvalue weighted by Crippen LogP contribution is -2.32. The van der Waals surface area contributed by atoms with E-state index in [1.54, 1.807) is 36.4 Å². The summed E-state index contributed by atoms with van der Waals surface area (Å²) in [5.74, 6) is -0.796. The number of carbonyl (C=O) groups excluding carboxylic acids is 2. The summed E-state index contributed by atoms with van der Waals surface area (Å²) in [6, 6.07) is 18.1. The van der Waals surface area contributed by atoms with Crippen LogP contribution in [0, 0.1) is 6.92 Å². The number of carbonyl (C=O) groups is 2. The molecule has 0 fully saturated rings. The van der Waals surface area contributed by atoms with Crippen molar-refractivity contribution in [3.63, 3.8) is 0 Å². The van der Waals surface area contributed by atoms with E-state index >= 15 is 0 Å². The molecule has 0 atom stereocenters. The van der Waals surface area contributed by atoms with E-state index in [1.165, 1.54) is 13.3 Å². The first-order valence-corrected chi connectivity index (χ1v) is 11.0. The average molecular weight is 531 g/mol. The van der Waals surface area contributed by atoms with Gasteiger partial charge in [-0.05, 0) is 58.2 Å². The molecule has 7 nitrogen and oxygen atoms in total. The number of ether oxygens (including phenoxy) is 2. The molecular formula is C24H21BrClN3O4. The van der Waals surface area contributed by atoms with Crippen molar-refractivity contribution in [2.24, 2.45) is 5.10 Å². The molecule has 3 aromatic carbocycles. The Balaban J connectivity index is 1.63. The van der Waals surface area contributed by atoms with Crippen LogP contribution < -0.4 is 20.2 Å². The normalized spacial score (nSPS) is 10.7. The summed E-state index contributed by atoms with van der Waals surface area (Å²) in [5.41, 5.74) is 5.32. The van der Waals surface area contributed by atoms with Gasteiger partial charge in [0.2, 0.25) is 0 Å². The molecule has 0 unspecified atom stereocenters. The van der Waals surface area contributed by atoms with Crippen LogP contribution in [0.2, 0.25) is 5.02 Å². The Kier molecular flexibility index (Phi) is 8.46. The third kappa shape index (κ3) is 6.81. The fraction of sp³-hybridized carbons (Fsp3) is 0.125. The average Bonchev–Trinajstić information content (AvgIpc) is 2.79. The van der Waals surface area contributed by atoms with Gasteiger partial charge in [-0.3, -0.25) is 9.59 Å². The highest BCUT2D eigenvalue weighted by Crippen LogP contribution is 2.36. The first kappa shape index (κ1) is 24.3. The van der Waals surface area contributed by atoms with E-state index in [-0.39, 0.29) is 0 Å². The molecule has 2 N–H and O–H groups in total. The van der Waals surface area contributed by atoms with Crippen molar-refractivity contribution < 1.29 is 19.1 Å². The summed E-state index contributed by atoms with van der Waals surface area (Å²) in [5, 5.41) is 6.59. The number of para-hydroxylation sites is 1.